The first-order valence-electron chi connectivity index (χ1n) is 6.94. The molecule has 2 unspecified atom stereocenters. The second-order valence-electron chi connectivity index (χ2n) is 5.48. The van der Waals surface area contributed by atoms with Crippen LogP contribution in [-0.4, -0.2) is 42.1 Å². The van der Waals surface area contributed by atoms with Crippen molar-refractivity contribution < 1.29 is 0 Å². The van der Waals surface area contributed by atoms with Gasteiger partial charge in [0.05, 0.1) is 5.69 Å². The highest BCUT2D eigenvalue weighted by atomic mass is 32.1. The summed E-state index contributed by atoms with van der Waals surface area (Å²) < 4.78 is 0. The molecule has 0 bridgehead atoms. The van der Waals surface area contributed by atoms with Crippen molar-refractivity contribution >= 4 is 16.5 Å². The molecule has 100 valence electrons. The minimum absolute atomic E-state index is 0.0463. The first-order chi connectivity index (χ1) is 8.74. The van der Waals surface area contributed by atoms with Gasteiger partial charge in [0.15, 0.2) is 5.13 Å². The van der Waals surface area contributed by atoms with Gasteiger partial charge in [0.25, 0.3) is 0 Å². The van der Waals surface area contributed by atoms with E-state index in [1.54, 1.807) is 11.3 Å². The molecule has 2 aliphatic heterocycles. The third kappa shape index (κ3) is 2.39. The fourth-order valence-corrected chi connectivity index (χ4v) is 3.98. The van der Waals surface area contributed by atoms with Gasteiger partial charge in [0.1, 0.15) is 0 Å². The quantitative estimate of drug-likeness (QED) is 0.887. The Kier molecular flexibility index (Phi) is 3.54. The molecular formula is C13H22N4S. The first-order valence-corrected chi connectivity index (χ1v) is 7.82. The molecule has 2 atom stereocenters. The zero-order valence-corrected chi connectivity index (χ0v) is 11.8. The van der Waals surface area contributed by atoms with Gasteiger partial charge < -0.3 is 10.6 Å². The van der Waals surface area contributed by atoms with Gasteiger partial charge in [-0.25, -0.2) is 4.98 Å². The molecular weight excluding hydrogens is 244 g/mol. The summed E-state index contributed by atoms with van der Waals surface area (Å²) in [5, 5.41) is 3.27. The zero-order valence-electron chi connectivity index (χ0n) is 11.0. The molecule has 18 heavy (non-hydrogen) atoms. The maximum atomic E-state index is 5.89. The summed E-state index contributed by atoms with van der Waals surface area (Å²) in [6, 6.07) is 0.792. The van der Waals surface area contributed by atoms with Crippen molar-refractivity contribution in [2.75, 3.05) is 31.1 Å². The number of nitrogens with two attached hydrogens (primary N) is 1. The molecule has 0 amide bonds. The molecule has 1 aromatic heterocycles. The van der Waals surface area contributed by atoms with Crippen molar-refractivity contribution in [1.82, 2.24) is 9.88 Å². The van der Waals surface area contributed by atoms with Crippen LogP contribution in [0.3, 0.4) is 0 Å². The molecule has 4 nitrogen and oxygen atoms in total. The van der Waals surface area contributed by atoms with Crippen molar-refractivity contribution in [3.05, 3.63) is 11.1 Å². The molecule has 2 saturated heterocycles. The van der Waals surface area contributed by atoms with Gasteiger partial charge in [-0.2, -0.15) is 0 Å². The van der Waals surface area contributed by atoms with Crippen molar-refractivity contribution in [3.63, 3.8) is 0 Å². The van der Waals surface area contributed by atoms with E-state index < -0.39 is 0 Å². The van der Waals surface area contributed by atoms with E-state index in [2.05, 4.69) is 15.2 Å². The number of hydrogen-bond donors (Lipinski definition) is 1. The van der Waals surface area contributed by atoms with E-state index in [0.29, 0.717) is 0 Å². The smallest absolute Gasteiger partial charge is 0.185 e. The van der Waals surface area contributed by atoms with Crippen LogP contribution in [-0.2, 0) is 0 Å². The SMILES string of the molecule is CC(N)c1csc(N2CCCN3CCCC3C2)n1. The van der Waals surface area contributed by atoms with Crippen LogP contribution in [0.5, 0.6) is 0 Å². The Bertz CT molecular complexity index is 403. The predicted octanol–water partition coefficient (Wildman–Crippen LogP) is 1.84. The molecule has 0 saturated carbocycles. The van der Waals surface area contributed by atoms with E-state index in [0.717, 1.165) is 30.0 Å². The van der Waals surface area contributed by atoms with Gasteiger partial charge in [0, 0.05) is 37.1 Å². The normalized spacial score (nSPS) is 27.0. The molecule has 2 N–H and O–H groups in total. The second kappa shape index (κ2) is 5.15. The highest BCUT2D eigenvalue weighted by Crippen LogP contribution is 2.28. The lowest BCUT2D eigenvalue weighted by atomic mass is 10.2. The number of fused-ring (bicyclic) bond motifs is 1. The summed E-state index contributed by atoms with van der Waals surface area (Å²) >= 11 is 1.74. The molecule has 0 aromatic carbocycles. The van der Waals surface area contributed by atoms with Gasteiger partial charge in [-0.15, -0.1) is 11.3 Å². The number of nitrogens with zero attached hydrogens (tertiary/aromatic N) is 3. The molecule has 0 radical (unpaired) electrons. The van der Waals surface area contributed by atoms with Gasteiger partial charge in [0.2, 0.25) is 0 Å². The van der Waals surface area contributed by atoms with Crippen LogP contribution in [0.1, 0.15) is 37.9 Å². The van der Waals surface area contributed by atoms with Crippen molar-refractivity contribution in [3.8, 4) is 0 Å². The Morgan fingerprint density at radius 2 is 2.22 bits per heavy atom. The minimum Gasteiger partial charge on any atom is -0.346 e. The van der Waals surface area contributed by atoms with Gasteiger partial charge in [-0.1, -0.05) is 0 Å². The molecule has 5 heteroatoms. The van der Waals surface area contributed by atoms with Crippen molar-refractivity contribution in [2.45, 2.75) is 38.3 Å². The Hall–Kier alpha value is -0.650. The fourth-order valence-electron chi connectivity index (χ4n) is 3.01. The molecule has 0 spiro atoms. The summed E-state index contributed by atoms with van der Waals surface area (Å²) in [6.07, 6.45) is 3.97. The summed E-state index contributed by atoms with van der Waals surface area (Å²) in [7, 11) is 0. The lowest BCUT2D eigenvalue weighted by Crippen LogP contribution is -2.36. The average Bonchev–Trinajstić information content (AvgIpc) is 2.95. The van der Waals surface area contributed by atoms with Crippen molar-refractivity contribution in [1.29, 1.82) is 0 Å². The second-order valence-corrected chi connectivity index (χ2v) is 6.31. The zero-order chi connectivity index (χ0) is 12.5. The summed E-state index contributed by atoms with van der Waals surface area (Å²) in [4.78, 5) is 9.81. The lowest BCUT2D eigenvalue weighted by Gasteiger charge is -2.25. The average molecular weight is 266 g/mol. The van der Waals surface area contributed by atoms with E-state index in [1.807, 2.05) is 6.92 Å². The third-order valence-corrected chi connectivity index (χ3v) is 4.97. The number of thiazole rings is 1. The molecule has 2 fully saturated rings. The lowest BCUT2D eigenvalue weighted by molar-refractivity contribution is 0.273. The topological polar surface area (TPSA) is 45.4 Å². The Balaban J connectivity index is 1.74. The standard InChI is InChI=1S/C13H22N4S/c1-10(14)12-9-18-13(15-12)17-7-3-6-16-5-2-4-11(16)8-17/h9-11H,2-8,14H2,1H3. The largest absolute Gasteiger partial charge is 0.346 e. The third-order valence-electron chi connectivity index (χ3n) is 4.05. The minimum atomic E-state index is 0.0463. The van der Waals surface area contributed by atoms with Crippen molar-refractivity contribution in [2.24, 2.45) is 5.73 Å². The van der Waals surface area contributed by atoms with Crippen LogP contribution in [0.4, 0.5) is 5.13 Å². The van der Waals surface area contributed by atoms with Gasteiger partial charge in [-0.05, 0) is 32.7 Å². The van der Waals surface area contributed by atoms with Gasteiger partial charge in [-0.3, -0.25) is 4.90 Å². The van der Waals surface area contributed by atoms with Crippen LogP contribution in [0, 0.1) is 0 Å². The maximum absolute atomic E-state index is 5.89. The van der Waals surface area contributed by atoms with Crippen LogP contribution in [0.15, 0.2) is 5.38 Å². The van der Waals surface area contributed by atoms with Crippen LogP contribution in [0.25, 0.3) is 0 Å². The van der Waals surface area contributed by atoms with Crippen LogP contribution >= 0.6 is 11.3 Å². The highest BCUT2D eigenvalue weighted by molar-refractivity contribution is 7.13. The van der Waals surface area contributed by atoms with E-state index in [4.69, 9.17) is 10.7 Å². The molecule has 0 aliphatic carbocycles. The summed E-state index contributed by atoms with van der Waals surface area (Å²) in [5.41, 5.74) is 6.92. The monoisotopic (exact) mass is 266 g/mol. The Morgan fingerprint density at radius 1 is 1.39 bits per heavy atom. The molecule has 3 rings (SSSR count). The Morgan fingerprint density at radius 3 is 3.00 bits per heavy atom. The Labute approximate surface area is 113 Å². The highest BCUT2D eigenvalue weighted by Gasteiger charge is 2.29. The van der Waals surface area contributed by atoms with Crippen LogP contribution in [0.2, 0.25) is 0 Å². The summed E-state index contributed by atoms with van der Waals surface area (Å²) in [5.74, 6) is 0. The first kappa shape index (κ1) is 12.4. The molecule has 2 aliphatic rings. The predicted molar refractivity (Wildman–Crippen MR) is 76.1 cm³/mol. The van der Waals surface area contributed by atoms with Gasteiger partial charge >= 0.3 is 0 Å². The van der Waals surface area contributed by atoms with E-state index >= 15 is 0 Å². The number of aromatic nitrogens is 1. The number of rotatable bonds is 2. The van der Waals surface area contributed by atoms with E-state index in [9.17, 15) is 0 Å². The summed E-state index contributed by atoms with van der Waals surface area (Å²) in [6.45, 7) is 6.83. The molecule has 3 heterocycles. The van der Waals surface area contributed by atoms with E-state index in [1.165, 1.54) is 32.4 Å². The fraction of sp³-hybridized carbons (Fsp3) is 0.769. The molecule has 1 aromatic rings. The maximum Gasteiger partial charge on any atom is 0.185 e. The van der Waals surface area contributed by atoms with Crippen LogP contribution < -0.4 is 10.6 Å². The van der Waals surface area contributed by atoms with E-state index in [-0.39, 0.29) is 6.04 Å². The number of hydrogen-bond acceptors (Lipinski definition) is 5. The number of anilines is 1.